The zero-order valence-corrected chi connectivity index (χ0v) is 29.7. The number of oxime groups is 1. The Labute approximate surface area is 302 Å². The number of hydrogen-bond donors (Lipinski definition) is 5. The van der Waals surface area contributed by atoms with Crippen LogP contribution in [-0.2, 0) is 24.0 Å². The van der Waals surface area contributed by atoms with E-state index in [4.69, 9.17) is 10.6 Å². The highest BCUT2D eigenvalue weighted by Crippen LogP contribution is 2.59. The lowest BCUT2D eigenvalue weighted by atomic mass is 9.96. The second-order valence-electron chi connectivity index (χ2n) is 12.5. The highest BCUT2D eigenvalue weighted by Gasteiger charge is 2.57. The number of piperazine rings is 1. The molecule has 6 N–H and O–H groups in total. The number of nitrogens with one attached hydrogen (secondary N) is 2. The number of rotatable bonds is 11. The number of carbonyl (C=O) groups is 4. The van der Waals surface area contributed by atoms with E-state index in [0.717, 1.165) is 28.0 Å². The number of thiazole rings is 1. The average Bonchev–Trinajstić information content (AvgIpc) is 3.79. The summed E-state index contributed by atoms with van der Waals surface area (Å²) in [5.74, 6) is -4.26. The van der Waals surface area contributed by atoms with Crippen LogP contribution in [0.1, 0.15) is 36.3 Å². The highest BCUT2D eigenvalue weighted by atomic mass is 32.2. The minimum atomic E-state index is -1.39. The first-order valence-electron chi connectivity index (χ1n) is 15.9. The molecule has 51 heavy (non-hydrogen) atoms. The molecule has 3 aromatic rings. The topological polar surface area (TPSA) is 213 Å². The number of β-lactam (4-membered cyclic amide) rings is 1. The maximum Gasteiger partial charge on any atom is 0.352 e. The maximum atomic E-state index is 16.0. The molecule has 0 spiro atoms. The number of fused-ring (bicyclic) bond motifs is 2. The number of carboxylic acids is 2. The Hall–Kier alpha value is -4.46. The van der Waals surface area contributed by atoms with Crippen LogP contribution in [0.2, 0.25) is 0 Å². The van der Waals surface area contributed by atoms with Gasteiger partial charge in [-0.15, -0.1) is 34.9 Å². The zero-order valence-electron chi connectivity index (χ0n) is 27.3. The standard InChI is InChI=1S/C32H33FN8O7S3/c1-14-11-35-7-8-40(14)21-10-19-16(9-18(21)33)15(3-6-36-19)25(51-32(4-5-32)30(46)47)17-12-49-28-23(27(43)41(28)24(17)29(44)45)38-26(42)22(39-48-2)20-13-50-31(34)37-20/h3,6,9-10,13-14,23,25,28,35H,4-5,7-8,11-12H2,1-2H3,(H2,34,37)(H,38,42)(H,44,45)(H,46,47)/t14?,23?,25?,28-/m0/s1. The number of thioether (sulfide) groups is 2. The second-order valence-corrected chi connectivity index (χ2v) is 16.0. The minimum absolute atomic E-state index is 0.0330. The molecular weight excluding hydrogens is 724 g/mol. The van der Waals surface area contributed by atoms with Gasteiger partial charge in [0.05, 0.1) is 16.5 Å². The minimum Gasteiger partial charge on any atom is -0.480 e. The zero-order chi connectivity index (χ0) is 36.2. The first kappa shape index (κ1) is 35.0. The van der Waals surface area contributed by atoms with Gasteiger partial charge in [0.2, 0.25) is 0 Å². The number of aromatic nitrogens is 2. The average molecular weight is 757 g/mol. The number of halogens is 1. The van der Waals surface area contributed by atoms with Crippen molar-refractivity contribution < 1.29 is 38.6 Å². The van der Waals surface area contributed by atoms with Crippen LogP contribution in [-0.4, -0.2) is 109 Å². The van der Waals surface area contributed by atoms with Crippen LogP contribution in [0, 0.1) is 5.82 Å². The summed E-state index contributed by atoms with van der Waals surface area (Å²) in [4.78, 5) is 68.9. The van der Waals surface area contributed by atoms with Crippen LogP contribution < -0.4 is 21.3 Å². The van der Waals surface area contributed by atoms with Gasteiger partial charge in [-0.2, -0.15) is 0 Å². The normalized spacial score (nSPS) is 23.4. The smallest absolute Gasteiger partial charge is 0.352 e. The molecule has 0 radical (unpaired) electrons. The molecule has 2 amide bonds. The fraction of sp³-hybridized carbons (Fsp3) is 0.406. The van der Waals surface area contributed by atoms with Crippen molar-refractivity contribution in [3.8, 4) is 0 Å². The van der Waals surface area contributed by atoms with Crippen molar-refractivity contribution in [3.63, 3.8) is 0 Å². The lowest BCUT2D eigenvalue weighted by molar-refractivity contribution is -0.150. The number of benzene rings is 1. The van der Waals surface area contributed by atoms with Crippen LogP contribution in [0.15, 0.2) is 46.2 Å². The summed E-state index contributed by atoms with van der Waals surface area (Å²) >= 11 is 3.41. The molecule has 2 aromatic heterocycles. The van der Waals surface area contributed by atoms with Gasteiger partial charge in [0, 0.05) is 48.4 Å². The van der Waals surface area contributed by atoms with Gasteiger partial charge in [0.15, 0.2) is 10.8 Å². The van der Waals surface area contributed by atoms with Gasteiger partial charge in [0.1, 0.15) is 40.5 Å². The SMILES string of the molecule is CON=C(C(=O)NC1C(=O)N2C(C(=O)O)=C(C(SC3(C(=O)O)CC3)c3ccnc4cc(N5CCNCC5C)c(F)cc34)CS[C@@H]12)c1csc(N)n1. The van der Waals surface area contributed by atoms with E-state index in [0.29, 0.717) is 60.2 Å². The molecule has 4 atom stereocenters. The molecule has 15 nitrogen and oxygen atoms in total. The van der Waals surface area contributed by atoms with E-state index in [1.165, 1.54) is 30.3 Å². The van der Waals surface area contributed by atoms with Crippen molar-refractivity contribution >= 4 is 86.0 Å². The predicted molar refractivity (Wildman–Crippen MR) is 191 cm³/mol. The molecule has 268 valence electrons. The van der Waals surface area contributed by atoms with Crippen LogP contribution in [0.3, 0.4) is 0 Å². The van der Waals surface area contributed by atoms with E-state index < -0.39 is 51.0 Å². The van der Waals surface area contributed by atoms with Crippen molar-refractivity contribution in [2.75, 3.05) is 43.1 Å². The molecule has 7 rings (SSSR count). The Morgan fingerprint density at radius 2 is 2.08 bits per heavy atom. The molecule has 3 fully saturated rings. The maximum absolute atomic E-state index is 16.0. The van der Waals surface area contributed by atoms with Crippen molar-refractivity contribution in [3.05, 3.63) is 58.1 Å². The fourth-order valence-corrected chi connectivity index (χ4v) is 10.2. The molecule has 2 saturated heterocycles. The van der Waals surface area contributed by atoms with Gasteiger partial charge >= 0.3 is 11.9 Å². The van der Waals surface area contributed by atoms with Crippen LogP contribution in [0.4, 0.5) is 15.2 Å². The predicted octanol–water partition coefficient (Wildman–Crippen LogP) is 2.39. The Balaban J connectivity index is 1.26. The van der Waals surface area contributed by atoms with Crippen molar-refractivity contribution in [2.45, 2.75) is 47.2 Å². The monoisotopic (exact) mass is 756 g/mol. The molecule has 3 aliphatic heterocycles. The fourth-order valence-electron chi connectivity index (χ4n) is 6.61. The summed E-state index contributed by atoms with van der Waals surface area (Å²) in [5.41, 5.74) is 7.01. The number of nitrogen functional groups attached to an aromatic ring is 1. The molecule has 5 heterocycles. The van der Waals surface area contributed by atoms with Crippen LogP contribution >= 0.6 is 34.9 Å². The summed E-state index contributed by atoms with van der Waals surface area (Å²) in [6.07, 6.45) is 2.28. The quantitative estimate of drug-likeness (QED) is 0.108. The molecule has 1 aromatic carbocycles. The largest absolute Gasteiger partial charge is 0.480 e. The van der Waals surface area contributed by atoms with E-state index >= 15 is 4.39 Å². The number of pyridine rings is 1. The van der Waals surface area contributed by atoms with E-state index in [1.807, 2.05) is 11.8 Å². The van der Waals surface area contributed by atoms with Gasteiger partial charge in [-0.1, -0.05) is 5.16 Å². The van der Waals surface area contributed by atoms with Crippen molar-refractivity contribution in [1.29, 1.82) is 0 Å². The molecule has 1 aliphatic carbocycles. The number of amides is 2. The van der Waals surface area contributed by atoms with Crippen molar-refractivity contribution in [2.24, 2.45) is 5.16 Å². The third kappa shape index (κ3) is 6.25. The summed E-state index contributed by atoms with van der Waals surface area (Å²) < 4.78 is 14.8. The van der Waals surface area contributed by atoms with Gasteiger partial charge in [0.25, 0.3) is 11.8 Å². The second kappa shape index (κ2) is 13.6. The third-order valence-electron chi connectivity index (χ3n) is 9.34. The van der Waals surface area contributed by atoms with E-state index in [9.17, 15) is 29.4 Å². The van der Waals surface area contributed by atoms with Gasteiger partial charge in [-0.3, -0.25) is 24.3 Å². The Bertz CT molecular complexity index is 2020. The van der Waals surface area contributed by atoms with Gasteiger partial charge in [-0.25, -0.2) is 14.2 Å². The number of carboxylic acid groups (broad SMARTS) is 2. The van der Waals surface area contributed by atoms with Gasteiger partial charge < -0.3 is 36.3 Å². The van der Waals surface area contributed by atoms with Gasteiger partial charge in [-0.05, 0) is 49.1 Å². The summed E-state index contributed by atoms with van der Waals surface area (Å²) in [7, 11) is 1.25. The molecule has 3 unspecified atom stereocenters. The summed E-state index contributed by atoms with van der Waals surface area (Å²) in [6, 6.07) is 3.64. The number of aliphatic carboxylic acids is 2. The highest BCUT2D eigenvalue weighted by molar-refractivity contribution is 8.02. The van der Waals surface area contributed by atoms with E-state index in [2.05, 4.69) is 25.8 Å². The molecule has 1 saturated carbocycles. The number of carbonyl (C=O) groups excluding carboxylic acids is 2. The van der Waals surface area contributed by atoms with Crippen LogP contribution in [0.25, 0.3) is 10.9 Å². The first-order valence-corrected chi connectivity index (χ1v) is 18.8. The lowest BCUT2D eigenvalue weighted by Crippen LogP contribution is -2.71. The lowest BCUT2D eigenvalue weighted by Gasteiger charge is -2.50. The number of nitrogens with zero attached hydrogens (tertiary/aromatic N) is 5. The number of hydrogen-bond acceptors (Lipinski definition) is 14. The Morgan fingerprint density at radius 1 is 1.29 bits per heavy atom. The van der Waals surface area contributed by atoms with E-state index in [1.54, 1.807) is 18.3 Å². The molecule has 0 bridgehead atoms. The van der Waals surface area contributed by atoms with E-state index in [-0.39, 0.29) is 34.0 Å². The first-order chi connectivity index (χ1) is 24.4. The molecule has 19 heteroatoms. The summed E-state index contributed by atoms with van der Waals surface area (Å²) in [5, 5.41) is 30.9. The number of nitrogens with two attached hydrogens (primary N) is 1. The Kier molecular flexibility index (Phi) is 9.32. The van der Waals surface area contributed by atoms with Crippen molar-refractivity contribution in [1.82, 2.24) is 25.5 Å². The number of anilines is 2. The molecule has 4 aliphatic rings. The Morgan fingerprint density at radius 3 is 2.73 bits per heavy atom. The molecular formula is C32H33FN8O7S3. The summed E-state index contributed by atoms with van der Waals surface area (Å²) in [6.45, 7) is 3.98. The van der Waals surface area contributed by atoms with Crippen LogP contribution in [0.5, 0.6) is 0 Å². The third-order valence-corrected chi connectivity index (χ3v) is 13.1.